The second-order valence-corrected chi connectivity index (χ2v) is 7.70. The molecule has 144 valence electrons. The lowest BCUT2D eigenvalue weighted by molar-refractivity contribution is 0.290. The van der Waals surface area contributed by atoms with E-state index in [0.29, 0.717) is 0 Å². The first kappa shape index (κ1) is 18.2. The molecule has 2 aromatic rings. The highest BCUT2D eigenvalue weighted by atomic mass is 15.3. The summed E-state index contributed by atoms with van der Waals surface area (Å²) in [6.07, 6.45) is 7.91. The van der Waals surface area contributed by atoms with Gasteiger partial charge in [-0.15, -0.1) is 0 Å². The van der Waals surface area contributed by atoms with Crippen molar-refractivity contribution in [3.05, 3.63) is 48.3 Å². The molecule has 0 radical (unpaired) electrons. The average molecular weight is 366 g/mol. The number of benzene rings is 1. The first-order valence-electron chi connectivity index (χ1n) is 10.5. The van der Waals surface area contributed by atoms with Gasteiger partial charge in [0.05, 0.1) is 0 Å². The van der Waals surface area contributed by atoms with Gasteiger partial charge < -0.3 is 14.7 Å². The standard InChI is InChI=1S/C22H31N5/c1-2-8-20(9-3-1)10-6-11-25-12-7-15-27(17-16-25)22-18-21(23-19-24-22)26-13-4-5-14-26/h1-3,8-9,18-19H,4-7,10-17H2. The smallest absolute Gasteiger partial charge is 0.134 e. The molecule has 2 saturated heterocycles. The number of hydrogen-bond donors (Lipinski definition) is 0. The minimum absolute atomic E-state index is 1.06. The third-order valence-electron chi connectivity index (χ3n) is 5.76. The van der Waals surface area contributed by atoms with Crippen LogP contribution in [0.2, 0.25) is 0 Å². The summed E-state index contributed by atoms with van der Waals surface area (Å²) in [5.41, 5.74) is 1.45. The van der Waals surface area contributed by atoms with Crippen LogP contribution >= 0.6 is 0 Å². The molecule has 5 nitrogen and oxygen atoms in total. The van der Waals surface area contributed by atoms with Crippen LogP contribution in [0.15, 0.2) is 42.7 Å². The van der Waals surface area contributed by atoms with Crippen molar-refractivity contribution in [1.29, 1.82) is 0 Å². The topological polar surface area (TPSA) is 35.5 Å². The lowest BCUT2D eigenvalue weighted by atomic mass is 10.1. The van der Waals surface area contributed by atoms with Crippen molar-refractivity contribution in [3.63, 3.8) is 0 Å². The summed E-state index contributed by atoms with van der Waals surface area (Å²) in [5, 5.41) is 0. The second kappa shape index (κ2) is 9.18. The molecule has 0 saturated carbocycles. The molecule has 2 aliphatic rings. The largest absolute Gasteiger partial charge is 0.356 e. The Balaban J connectivity index is 1.28. The molecule has 4 rings (SSSR count). The van der Waals surface area contributed by atoms with Gasteiger partial charge in [-0.2, -0.15) is 0 Å². The van der Waals surface area contributed by atoms with Crippen LogP contribution in [0.4, 0.5) is 11.6 Å². The van der Waals surface area contributed by atoms with E-state index in [1.165, 1.54) is 50.8 Å². The Hall–Kier alpha value is -2.14. The van der Waals surface area contributed by atoms with Crippen molar-refractivity contribution in [2.24, 2.45) is 0 Å². The molecule has 27 heavy (non-hydrogen) atoms. The maximum absolute atomic E-state index is 4.57. The summed E-state index contributed by atoms with van der Waals surface area (Å²) in [6, 6.07) is 13.0. The van der Waals surface area contributed by atoms with Gasteiger partial charge in [-0.1, -0.05) is 30.3 Å². The highest BCUT2D eigenvalue weighted by Gasteiger charge is 2.18. The minimum atomic E-state index is 1.06. The summed E-state index contributed by atoms with van der Waals surface area (Å²) in [4.78, 5) is 16.5. The van der Waals surface area contributed by atoms with E-state index in [9.17, 15) is 0 Å². The van der Waals surface area contributed by atoms with Crippen LogP contribution in [0.3, 0.4) is 0 Å². The zero-order valence-electron chi connectivity index (χ0n) is 16.3. The quantitative estimate of drug-likeness (QED) is 0.785. The van der Waals surface area contributed by atoms with Gasteiger partial charge >= 0.3 is 0 Å². The third-order valence-corrected chi connectivity index (χ3v) is 5.76. The fourth-order valence-corrected chi connectivity index (χ4v) is 4.20. The Labute approximate surface area is 163 Å². The van der Waals surface area contributed by atoms with E-state index in [0.717, 1.165) is 44.4 Å². The molecule has 0 unspecified atom stereocenters. The van der Waals surface area contributed by atoms with E-state index in [2.05, 4.69) is 61.1 Å². The monoisotopic (exact) mass is 365 g/mol. The van der Waals surface area contributed by atoms with Gasteiger partial charge in [-0.3, -0.25) is 0 Å². The van der Waals surface area contributed by atoms with Gasteiger partial charge in [0, 0.05) is 38.8 Å². The number of aryl methyl sites for hydroxylation is 1. The summed E-state index contributed by atoms with van der Waals surface area (Å²) >= 11 is 0. The van der Waals surface area contributed by atoms with E-state index in [1.807, 2.05) is 0 Å². The van der Waals surface area contributed by atoms with E-state index >= 15 is 0 Å². The van der Waals surface area contributed by atoms with Crippen molar-refractivity contribution in [3.8, 4) is 0 Å². The first-order valence-corrected chi connectivity index (χ1v) is 10.5. The lowest BCUT2D eigenvalue weighted by Gasteiger charge is -2.24. The maximum Gasteiger partial charge on any atom is 0.134 e. The van der Waals surface area contributed by atoms with Gasteiger partial charge in [-0.25, -0.2) is 9.97 Å². The molecule has 2 aliphatic heterocycles. The molecule has 0 N–H and O–H groups in total. The number of hydrogen-bond acceptors (Lipinski definition) is 5. The average Bonchev–Trinajstić information content (AvgIpc) is 3.16. The Kier molecular flexibility index (Phi) is 6.20. The van der Waals surface area contributed by atoms with Gasteiger partial charge in [-0.05, 0) is 50.8 Å². The van der Waals surface area contributed by atoms with Gasteiger partial charge in [0.25, 0.3) is 0 Å². The predicted molar refractivity (Wildman–Crippen MR) is 112 cm³/mol. The van der Waals surface area contributed by atoms with Crippen LogP contribution in [0.25, 0.3) is 0 Å². The van der Waals surface area contributed by atoms with E-state index < -0.39 is 0 Å². The van der Waals surface area contributed by atoms with Crippen molar-refractivity contribution >= 4 is 11.6 Å². The third kappa shape index (κ3) is 4.98. The summed E-state index contributed by atoms with van der Waals surface area (Å²) < 4.78 is 0. The van der Waals surface area contributed by atoms with E-state index in [4.69, 9.17) is 0 Å². The zero-order chi connectivity index (χ0) is 18.3. The number of rotatable bonds is 6. The highest BCUT2D eigenvalue weighted by Crippen LogP contribution is 2.22. The molecule has 5 heteroatoms. The van der Waals surface area contributed by atoms with Gasteiger partial charge in [0.15, 0.2) is 0 Å². The molecular formula is C22H31N5. The summed E-state index contributed by atoms with van der Waals surface area (Å²) in [5.74, 6) is 2.19. The molecule has 0 amide bonds. The second-order valence-electron chi connectivity index (χ2n) is 7.70. The fourth-order valence-electron chi connectivity index (χ4n) is 4.20. The van der Waals surface area contributed by atoms with Crippen molar-refractivity contribution < 1.29 is 0 Å². The van der Waals surface area contributed by atoms with Gasteiger partial charge in [0.2, 0.25) is 0 Å². The Morgan fingerprint density at radius 2 is 1.44 bits per heavy atom. The van der Waals surface area contributed by atoms with Crippen LogP contribution in [0.1, 0.15) is 31.2 Å². The highest BCUT2D eigenvalue weighted by molar-refractivity contribution is 5.50. The maximum atomic E-state index is 4.57. The van der Waals surface area contributed by atoms with Crippen LogP contribution in [-0.4, -0.2) is 60.7 Å². The number of anilines is 2. The molecule has 1 aromatic carbocycles. The van der Waals surface area contributed by atoms with Crippen LogP contribution in [-0.2, 0) is 6.42 Å². The predicted octanol–water partition coefficient (Wildman–Crippen LogP) is 3.22. The Bertz CT molecular complexity index is 699. The van der Waals surface area contributed by atoms with Crippen LogP contribution in [0, 0.1) is 0 Å². The Morgan fingerprint density at radius 3 is 2.22 bits per heavy atom. The SMILES string of the molecule is c1ccc(CCCN2CCCN(c3cc(N4CCCC4)ncn3)CC2)cc1. The molecule has 0 bridgehead atoms. The molecule has 0 spiro atoms. The van der Waals surface area contributed by atoms with Crippen LogP contribution < -0.4 is 9.80 Å². The Morgan fingerprint density at radius 1 is 0.741 bits per heavy atom. The fraction of sp³-hybridized carbons (Fsp3) is 0.545. The van der Waals surface area contributed by atoms with Crippen molar-refractivity contribution in [1.82, 2.24) is 14.9 Å². The molecule has 1 aromatic heterocycles. The molecule has 0 atom stereocenters. The zero-order valence-corrected chi connectivity index (χ0v) is 16.3. The van der Waals surface area contributed by atoms with E-state index in [1.54, 1.807) is 6.33 Å². The molecule has 2 fully saturated rings. The minimum Gasteiger partial charge on any atom is -0.356 e. The number of aromatic nitrogens is 2. The van der Waals surface area contributed by atoms with Gasteiger partial charge in [0.1, 0.15) is 18.0 Å². The van der Waals surface area contributed by atoms with E-state index in [-0.39, 0.29) is 0 Å². The van der Waals surface area contributed by atoms with Crippen LogP contribution in [0.5, 0.6) is 0 Å². The molecule has 0 aliphatic carbocycles. The summed E-state index contributed by atoms with van der Waals surface area (Å²) in [7, 11) is 0. The van der Waals surface area contributed by atoms with Crippen molar-refractivity contribution in [2.45, 2.75) is 32.1 Å². The molecular weight excluding hydrogens is 334 g/mol. The first-order chi connectivity index (χ1) is 13.4. The number of nitrogens with zero attached hydrogens (tertiary/aromatic N) is 5. The summed E-state index contributed by atoms with van der Waals surface area (Å²) in [6.45, 7) is 7.91. The lowest BCUT2D eigenvalue weighted by Crippen LogP contribution is -2.32. The normalized spacial score (nSPS) is 18.7. The molecule has 3 heterocycles. The van der Waals surface area contributed by atoms with Crippen molar-refractivity contribution in [2.75, 3.05) is 55.6 Å².